The lowest BCUT2D eigenvalue weighted by Crippen LogP contribution is -2.03. The summed E-state index contributed by atoms with van der Waals surface area (Å²) in [6.45, 7) is 1.73. The van der Waals surface area contributed by atoms with Gasteiger partial charge in [0.2, 0.25) is 0 Å². The summed E-state index contributed by atoms with van der Waals surface area (Å²) in [6.07, 6.45) is 1.41. The second-order valence-corrected chi connectivity index (χ2v) is 5.12. The molecule has 104 valence electrons. The molecule has 2 aromatic rings. The molecule has 0 radical (unpaired) electrons. The third kappa shape index (κ3) is 2.21. The van der Waals surface area contributed by atoms with Gasteiger partial charge in [0.1, 0.15) is 4.88 Å². The van der Waals surface area contributed by atoms with E-state index in [0.29, 0.717) is 10.6 Å². The minimum Gasteiger partial charge on any atom is -0.465 e. The van der Waals surface area contributed by atoms with Gasteiger partial charge in [-0.15, -0.1) is 11.3 Å². The van der Waals surface area contributed by atoms with Crippen molar-refractivity contribution in [1.82, 2.24) is 4.98 Å². The van der Waals surface area contributed by atoms with Crippen molar-refractivity contribution in [1.29, 1.82) is 0 Å². The Bertz CT molecular complexity index is 696. The van der Waals surface area contributed by atoms with Crippen molar-refractivity contribution in [3.63, 3.8) is 0 Å². The summed E-state index contributed by atoms with van der Waals surface area (Å²) in [5.41, 5.74) is 6.36. The van der Waals surface area contributed by atoms with Crippen LogP contribution < -0.4 is 5.73 Å². The number of rotatable bonds is 3. The number of pyridine rings is 1. The molecule has 0 aliphatic heterocycles. The number of carbonyl (C=O) groups excluding carboxylic acids is 1. The molecule has 0 aliphatic rings. The Morgan fingerprint density at radius 3 is 2.85 bits per heavy atom. The summed E-state index contributed by atoms with van der Waals surface area (Å²) >= 11 is 1.13. The Balaban J connectivity index is 2.76. The number of aryl methyl sites for hydroxylation is 1. The quantitative estimate of drug-likeness (QED) is 0.528. The van der Waals surface area contributed by atoms with E-state index >= 15 is 0 Å². The summed E-state index contributed by atoms with van der Waals surface area (Å²) in [5.74, 6) is -0.593. The summed E-state index contributed by atoms with van der Waals surface area (Å²) in [6, 6.07) is 2.77. The highest BCUT2D eigenvalue weighted by Gasteiger charge is 2.27. The van der Waals surface area contributed by atoms with Crippen LogP contribution >= 0.6 is 11.3 Å². The lowest BCUT2D eigenvalue weighted by molar-refractivity contribution is -0.384. The molecule has 0 aliphatic carbocycles. The molecule has 0 saturated heterocycles. The Labute approximate surface area is 118 Å². The smallest absolute Gasteiger partial charge is 0.348 e. The average Bonchev–Trinajstić information content (AvgIpc) is 2.74. The topological polar surface area (TPSA) is 108 Å². The molecule has 2 heterocycles. The normalized spacial score (nSPS) is 10.3. The van der Waals surface area contributed by atoms with Crippen LogP contribution in [0.2, 0.25) is 0 Å². The van der Waals surface area contributed by atoms with E-state index in [1.165, 1.54) is 25.4 Å². The van der Waals surface area contributed by atoms with Crippen LogP contribution in [0.3, 0.4) is 0 Å². The summed E-state index contributed by atoms with van der Waals surface area (Å²) < 4.78 is 4.69. The number of thiophene rings is 1. The van der Waals surface area contributed by atoms with E-state index in [0.717, 1.165) is 11.3 Å². The Hall–Kier alpha value is -2.48. The van der Waals surface area contributed by atoms with E-state index in [9.17, 15) is 14.9 Å². The lowest BCUT2D eigenvalue weighted by Gasteiger charge is -2.04. The highest BCUT2D eigenvalue weighted by atomic mass is 32.1. The summed E-state index contributed by atoms with van der Waals surface area (Å²) in [4.78, 5) is 27.2. The van der Waals surface area contributed by atoms with Crippen molar-refractivity contribution in [2.45, 2.75) is 6.92 Å². The number of aromatic nitrogens is 1. The van der Waals surface area contributed by atoms with E-state index in [2.05, 4.69) is 9.72 Å². The molecule has 8 heteroatoms. The van der Waals surface area contributed by atoms with Crippen LogP contribution in [0.25, 0.3) is 11.3 Å². The third-order valence-electron chi connectivity index (χ3n) is 2.72. The molecule has 0 fully saturated rings. The van der Waals surface area contributed by atoms with Crippen molar-refractivity contribution in [2.75, 3.05) is 12.8 Å². The molecule has 0 bridgehead atoms. The van der Waals surface area contributed by atoms with Gasteiger partial charge < -0.3 is 10.5 Å². The number of esters is 1. The number of nitrogens with two attached hydrogens (primary N) is 1. The number of nitrogen functional groups attached to an aromatic ring is 1. The Morgan fingerprint density at radius 2 is 2.25 bits per heavy atom. The number of nitro groups is 1. The van der Waals surface area contributed by atoms with Crippen molar-refractivity contribution >= 4 is 28.7 Å². The molecule has 0 saturated carbocycles. The van der Waals surface area contributed by atoms with Gasteiger partial charge in [-0.05, 0) is 13.0 Å². The van der Waals surface area contributed by atoms with Crippen LogP contribution in [-0.2, 0) is 4.74 Å². The lowest BCUT2D eigenvalue weighted by atomic mass is 10.1. The monoisotopic (exact) mass is 293 g/mol. The van der Waals surface area contributed by atoms with Crippen molar-refractivity contribution in [3.8, 4) is 11.3 Å². The molecule has 7 nitrogen and oxygen atoms in total. The van der Waals surface area contributed by atoms with E-state index in [1.807, 2.05) is 0 Å². The molecule has 2 rings (SSSR count). The fraction of sp³-hybridized carbons (Fsp3) is 0.167. The van der Waals surface area contributed by atoms with Gasteiger partial charge in [0, 0.05) is 17.1 Å². The number of nitrogens with zero attached hydrogens (tertiary/aromatic N) is 2. The maximum atomic E-state index is 11.8. The first-order valence-electron chi connectivity index (χ1n) is 5.54. The van der Waals surface area contributed by atoms with Gasteiger partial charge >= 0.3 is 5.97 Å². The molecule has 0 unspecified atom stereocenters. The first-order valence-corrected chi connectivity index (χ1v) is 6.36. The standard InChI is InChI=1S/C12H11N3O4S/c1-6-9(13)8(11(20-6)12(16)19-2)10-7(15(17)18)4-3-5-14-10/h3-5H,13H2,1-2H3. The SMILES string of the molecule is COC(=O)c1sc(C)c(N)c1-c1ncccc1[N+](=O)[O-]. The molecular formula is C12H11N3O4S. The summed E-state index contributed by atoms with van der Waals surface area (Å²) in [7, 11) is 1.24. The molecule has 0 spiro atoms. The number of hydrogen-bond acceptors (Lipinski definition) is 7. The molecule has 2 aromatic heterocycles. The highest BCUT2D eigenvalue weighted by molar-refractivity contribution is 7.15. The first-order chi connectivity index (χ1) is 9.47. The second kappa shape index (κ2) is 5.25. The van der Waals surface area contributed by atoms with Crippen LogP contribution in [0, 0.1) is 17.0 Å². The molecule has 20 heavy (non-hydrogen) atoms. The zero-order valence-corrected chi connectivity index (χ0v) is 11.6. The molecule has 0 amide bonds. The second-order valence-electron chi connectivity index (χ2n) is 3.90. The maximum Gasteiger partial charge on any atom is 0.348 e. The molecule has 0 atom stereocenters. The molecular weight excluding hydrogens is 282 g/mol. The predicted molar refractivity (Wildman–Crippen MR) is 74.7 cm³/mol. The minimum atomic E-state index is -0.593. The number of hydrogen-bond donors (Lipinski definition) is 1. The highest BCUT2D eigenvalue weighted by Crippen LogP contribution is 2.41. The van der Waals surface area contributed by atoms with E-state index < -0.39 is 10.9 Å². The number of methoxy groups -OCH3 is 1. The number of carbonyl (C=O) groups is 1. The van der Waals surface area contributed by atoms with Gasteiger partial charge in [0.25, 0.3) is 5.69 Å². The summed E-state index contributed by atoms with van der Waals surface area (Å²) in [5, 5.41) is 11.1. The van der Waals surface area contributed by atoms with E-state index in [1.54, 1.807) is 6.92 Å². The van der Waals surface area contributed by atoms with Gasteiger partial charge in [-0.1, -0.05) is 0 Å². The zero-order valence-electron chi connectivity index (χ0n) is 10.7. The van der Waals surface area contributed by atoms with E-state index in [-0.39, 0.29) is 21.8 Å². The molecule has 2 N–H and O–H groups in total. The van der Waals surface area contributed by atoms with Crippen LogP contribution in [0.4, 0.5) is 11.4 Å². The van der Waals surface area contributed by atoms with Gasteiger partial charge in [-0.2, -0.15) is 0 Å². The van der Waals surface area contributed by atoms with Crippen molar-refractivity contribution in [2.24, 2.45) is 0 Å². The van der Waals surface area contributed by atoms with Crippen LogP contribution in [-0.4, -0.2) is 23.0 Å². The fourth-order valence-corrected chi connectivity index (χ4v) is 2.76. The Morgan fingerprint density at radius 1 is 1.55 bits per heavy atom. The largest absolute Gasteiger partial charge is 0.465 e. The molecule has 0 aromatic carbocycles. The van der Waals surface area contributed by atoms with Crippen LogP contribution in [0.5, 0.6) is 0 Å². The predicted octanol–water partition coefficient (Wildman–Crippen LogP) is 2.40. The van der Waals surface area contributed by atoms with Crippen molar-refractivity contribution in [3.05, 3.63) is 38.2 Å². The minimum absolute atomic E-state index is 0.0692. The van der Waals surface area contributed by atoms with Gasteiger partial charge in [-0.25, -0.2) is 9.78 Å². The van der Waals surface area contributed by atoms with E-state index in [4.69, 9.17) is 5.73 Å². The van der Waals surface area contributed by atoms with Gasteiger partial charge in [0.15, 0.2) is 5.69 Å². The average molecular weight is 293 g/mol. The van der Waals surface area contributed by atoms with Crippen LogP contribution in [0.15, 0.2) is 18.3 Å². The number of ether oxygens (including phenoxy) is 1. The first kappa shape index (κ1) is 13.9. The maximum absolute atomic E-state index is 11.8. The number of anilines is 1. The van der Waals surface area contributed by atoms with Crippen LogP contribution in [0.1, 0.15) is 14.5 Å². The third-order valence-corrected chi connectivity index (χ3v) is 3.82. The Kier molecular flexibility index (Phi) is 3.66. The zero-order chi connectivity index (χ0) is 14.9. The van der Waals surface area contributed by atoms with Crippen molar-refractivity contribution < 1.29 is 14.5 Å². The van der Waals surface area contributed by atoms with Gasteiger partial charge in [-0.3, -0.25) is 10.1 Å². The fourth-order valence-electron chi connectivity index (χ4n) is 1.77. The van der Waals surface area contributed by atoms with Gasteiger partial charge in [0.05, 0.1) is 23.3 Å².